The molecule has 0 bridgehead atoms. The van der Waals surface area contributed by atoms with Crippen LogP contribution in [0.1, 0.15) is 12.6 Å². The maximum absolute atomic E-state index is 4.35. The van der Waals surface area contributed by atoms with Crippen LogP contribution in [0.5, 0.6) is 0 Å². The summed E-state index contributed by atoms with van der Waals surface area (Å²) < 4.78 is 0. The summed E-state index contributed by atoms with van der Waals surface area (Å²) in [6.07, 6.45) is 1.86. The van der Waals surface area contributed by atoms with Crippen LogP contribution in [0.15, 0.2) is 18.3 Å². The Hall–Kier alpha value is -1.09. The zero-order valence-electron chi connectivity index (χ0n) is 9.53. The highest BCUT2D eigenvalue weighted by Crippen LogP contribution is 2.19. The molecule has 1 atom stereocenters. The third-order valence-electron chi connectivity index (χ3n) is 2.90. The van der Waals surface area contributed by atoms with Crippen LogP contribution in [0.3, 0.4) is 0 Å². The third-order valence-corrected chi connectivity index (χ3v) is 2.90. The van der Waals surface area contributed by atoms with Crippen LogP contribution in [0.2, 0.25) is 0 Å². The molecule has 1 aromatic rings. The Bertz CT molecular complexity index is 324. The Morgan fingerprint density at radius 1 is 1.53 bits per heavy atom. The Morgan fingerprint density at radius 3 is 3.20 bits per heavy atom. The monoisotopic (exact) mass is 205 g/mol. The Morgan fingerprint density at radius 2 is 2.40 bits per heavy atom. The van der Waals surface area contributed by atoms with Gasteiger partial charge >= 0.3 is 0 Å². The van der Waals surface area contributed by atoms with Crippen LogP contribution < -0.4 is 10.2 Å². The van der Waals surface area contributed by atoms with Gasteiger partial charge in [-0.25, -0.2) is 0 Å². The van der Waals surface area contributed by atoms with Crippen molar-refractivity contribution in [3.63, 3.8) is 0 Å². The first-order chi connectivity index (χ1) is 7.27. The molecule has 2 rings (SSSR count). The molecule has 0 radical (unpaired) electrons. The average molecular weight is 205 g/mol. The van der Waals surface area contributed by atoms with Gasteiger partial charge in [-0.1, -0.05) is 6.92 Å². The number of rotatable bonds is 1. The lowest BCUT2D eigenvalue weighted by molar-refractivity contribution is 0.563. The summed E-state index contributed by atoms with van der Waals surface area (Å²) in [7, 11) is 0. The molecule has 2 heterocycles. The standard InChI is InChI=1S/C12H19N3/c1-10-8-13-6-7-15(9-10)12-4-3-5-14-11(12)2/h3-5,10,13H,6-9H2,1-2H3. The number of anilines is 1. The lowest BCUT2D eigenvalue weighted by Gasteiger charge is -2.25. The van der Waals surface area contributed by atoms with Gasteiger partial charge in [0.05, 0.1) is 11.4 Å². The minimum absolute atomic E-state index is 0.701. The van der Waals surface area contributed by atoms with Gasteiger partial charge in [-0.15, -0.1) is 0 Å². The van der Waals surface area contributed by atoms with E-state index in [9.17, 15) is 0 Å². The average Bonchev–Trinajstić information content (AvgIpc) is 2.43. The molecule has 3 heteroatoms. The molecule has 1 unspecified atom stereocenters. The van der Waals surface area contributed by atoms with E-state index in [0.29, 0.717) is 5.92 Å². The second-order valence-electron chi connectivity index (χ2n) is 4.36. The van der Waals surface area contributed by atoms with Crippen LogP contribution in [0, 0.1) is 12.8 Å². The van der Waals surface area contributed by atoms with Gasteiger partial charge in [0, 0.05) is 25.8 Å². The van der Waals surface area contributed by atoms with Gasteiger partial charge in [0.25, 0.3) is 0 Å². The molecular weight excluding hydrogens is 186 g/mol. The van der Waals surface area contributed by atoms with Gasteiger partial charge in [-0.05, 0) is 31.5 Å². The molecule has 82 valence electrons. The summed E-state index contributed by atoms with van der Waals surface area (Å²) in [5.74, 6) is 0.701. The molecule has 1 aliphatic heterocycles. The van der Waals surface area contributed by atoms with Gasteiger partial charge in [0.1, 0.15) is 0 Å². The number of hydrogen-bond donors (Lipinski definition) is 1. The summed E-state index contributed by atoms with van der Waals surface area (Å²) >= 11 is 0. The number of hydrogen-bond acceptors (Lipinski definition) is 3. The minimum atomic E-state index is 0.701. The molecule has 15 heavy (non-hydrogen) atoms. The van der Waals surface area contributed by atoms with E-state index < -0.39 is 0 Å². The largest absolute Gasteiger partial charge is 0.368 e. The van der Waals surface area contributed by atoms with Crippen LogP contribution >= 0.6 is 0 Å². The number of pyridine rings is 1. The normalized spacial score (nSPS) is 22.5. The Kier molecular flexibility index (Phi) is 3.21. The summed E-state index contributed by atoms with van der Waals surface area (Å²) in [6, 6.07) is 4.19. The lowest BCUT2D eigenvalue weighted by Crippen LogP contribution is -2.29. The van der Waals surface area contributed by atoms with E-state index >= 15 is 0 Å². The molecule has 0 saturated carbocycles. The molecule has 1 saturated heterocycles. The molecule has 0 amide bonds. The van der Waals surface area contributed by atoms with Gasteiger partial charge in [0.15, 0.2) is 0 Å². The molecular formula is C12H19N3. The Labute approximate surface area is 91.5 Å². The highest BCUT2D eigenvalue weighted by Gasteiger charge is 2.15. The molecule has 3 nitrogen and oxygen atoms in total. The second kappa shape index (κ2) is 4.62. The lowest BCUT2D eigenvalue weighted by atomic mass is 10.1. The second-order valence-corrected chi connectivity index (χ2v) is 4.36. The van der Waals surface area contributed by atoms with Gasteiger partial charge in [0.2, 0.25) is 0 Å². The first kappa shape index (κ1) is 10.4. The maximum atomic E-state index is 4.35. The van der Waals surface area contributed by atoms with E-state index in [4.69, 9.17) is 0 Å². The third kappa shape index (κ3) is 2.48. The van der Waals surface area contributed by atoms with Crippen LogP contribution in [0.25, 0.3) is 0 Å². The van der Waals surface area contributed by atoms with Crippen LogP contribution in [0.4, 0.5) is 5.69 Å². The molecule has 1 fully saturated rings. The van der Waals surface area contributed by atoms with E-state index in [0.717, 1.165) is 31.9 Å². The number of nitrogens with zero attached hydrogens (tertiary/aromatic N) is 2. The predicted octanol–water partition coefficient (Wildman–Crippen LogP) is 1.44. The molecule has 1 aromatic heterocycles. The highest BCUT2D eigenvalue weighted by molar-refractivity contribution is 5.50. The van der Waals surface area contributed by atoms with E-state index in [1.165, 1.54) is 5.69 Å². The summed E-state index contributed by atoms with van der Waals surface area (Å²) in [5, 5.41) is 3.45. The number of aromatic nitrogens is 1. The highest BCUT2D eigenvalue weighted by atomic mass is 15.2. The van der Waals surface area contributed by atoms with Crippen molar-refractivity contribution in [1.82, 2.24) is 10.3 Å². The molecule has 0 spiro atoms. The fourth-order valence-corrected chi connectivity index (χ4v) is 2.12. The van der Waals surface area contributed by atoms with Crippen LogP contribution in [-0.4, -0.2) is 31.2 Å². The predicted molar refractivity (Wildman–Crippen MR) is 63.2 cm³/mol. The van der Waals surface area contributed by atoms with E-state index in [1.54, 1.807) is 0 Å². The fraction of sp³-hybridized carbons (Fsp3) is 0.583. The van der Waals surface area contributed by atoms with E-state index in [1.807, 2.05) is 12.3 Å². The molecule has 0 aliphatic carbocycles. The van der Waals surface area contributed by atoms with Gasteiger partial charge in [-0.3, -0.25) is 4.98 Å². The van der Waals surface area contributed by atoms with Gasteiger partial charge < -0.3 is 10.2 Å². The van der Waals surface area contributed by atoms with Crippen molar-refractivity contribution in [1.29, 1.82) is 0 Å². The van der Waals surface area contributed by atoms with Crippen molar-refractivity contribution in [2.45, 2.75) is 13.8 Å². The first-order valence-corrected chi connectivity index (χ1v) is 5.64. The minimum Gasteiger partial charge on any atom is -0.368 e. The van der Waals surface area contributed by atoms with Crippen molar-refractivity contribution in [3.05, 3.63) is 24.0 Å². The topological polar surface area (TPSA) is 28.2 Å². The van der Waals surface area contributed by atoms with Gasteiger partial charge in [-0.2, -0.15) is 0 Å². The molecule has 1 aliphatic rings. The van der Waals surface area contributed by atoms with Crippen molar-refractivity contribution in [3.8, 4) is 0 Å². The van der Waals surface area contributed by atoms with Crippen molar-refractivity contribution in [2.24, 2.45) is 5.92 Å². The van der Waals surface area contributed by atoms with Crippen LogP contribution in [-0.2, 0) is 0 Å². The zero-order valence-corrected chi connectivity index (χ0v) is 9.53. The fourth-order valence-electron chi connectivity index (χ4n) is 2.12. The maximum Gasteiger partial charge on any atom is 0.0605 e. The summed E-state index contributed by atoms with van der Waals surface area (Å²) in [4.78, 5) is 6.79. The summed E-state index contributed by atoms with van der Waals surface area (Å²) in [5.41, 5.74) is 2.42. The smallest absolute Gasteiger partial charge is 0.0605 e. The zero-order chi connectivity index (χ0) is 10.7. The van der Waals surface area contributed by atoms with E-state index in [-0.39, 0.29) is 0 Å². The Balaban J connectivity index is 2.18. The van der Waals surface area contributed by atoms with Crippen molar-refractivity contribution >= 4 is 5.69 Å². The van der Waals surface area contributed by atoms with Crippen molar-refractivity contribution < 1.29 is 0 Å². The number of aryl methyl sites for hydroxylation is 1. The summed E-state index contributed by atoms with van der Waals surface area (Å²) in [6.45, 7) is 8.76. The SMILES string of the molecule is Cc1ncccc1N1CCNCC(C)C1. The number of nitrogens with one attached hydrogen (secondary N) is 1. The first-order valence-electron chi connectivity index (χ1n) is 5.64. The van der Waals surface area contributed by atoms with E-state index in [2.05, 4.69) is 35.1 Å². The molecule has 0 aromatic carbocycles. The molecule has 1 N–H and O–H groups in total. The quantitative estimate of drug-likeness (QED) is 0.752. The van der Waals surface area contributed by atoms with Crippen molar-refractivity contribution in [2.75, 3.05) is 31.1 Å².